The van der Waals surface area contributed by atoms with E-state index in [0.29, 0.717) is 11.6 Å². The number of sulfonamides is 1. The molecule has 1 fully saturated rings. The van der Waals surface area contributed by atoms with Crippen LogP contribution in [0.1, 0.15) is 35.0 Å². The van der Waals surface area contributed by atoms with Crippen molar-refractivity contribution in [2.45, 2.75) is 43.3 Å². The maximum absolute atomic E-state index is 12.4. The Morgan fingerprint density at radius 3 is 2.96 bits per heavy atom. The molecule has 1 unspecified atom stereocenters. The number of anilines is 1. The minimum atomic E-state index is -3.72. The van der Waals surface area contributed by atoms with E-state index in [9.17, 15) is 13.2 Å². The number of fused-ring (bicyclic) bond motifs is 1. The molecule has 1 aromatic heterocycles. The first-order chi connectivity index (χ1) is 11.9. The predicted octanol–water partition coefficient (Wildman–Crippen LogP) is 1.68. The third-order valence-corrected chi connectivity index (χ3v) is 6.59. The standard InChI is InChI=1S/C16H18N4O3S2/c1-9-2-5-13-11(6-9)19-15(20-25(13,22)23)16(21)17-7-14-18-12(8-24-14)10-3-4-10/h2,5-6,8,10,15,19-20H,3-4,7H2,1H3,(H,17,21). The van der Waals surface area contributed by atoms with Crippen LogP contribution in [0.5, 0.6) is 0 Å². The first-order valence-corrected chi connectivity index (χ1v) is 10.4. The summed E-state index contributed by atoms with van der Waals surface area (Å²) in [4.78, 5) is 17.0. The molecular formula is C16H18N4O3S2. The number of thiazole rings is 1. The molecule has 1 saturated carbocycles. The van der Waals surface area contributed by atoms with Crippen molar-refractivity contribution in [1.82, 2.24) is 15.0 Å². The molecule has 1 amide bonds. The van der Waals surface area contributed by atoms with Crippen LogP contribution in [0, 0.1) is 6.92 Å². The summed E-state index contributed by atoms with van der Waals surface area (Å²) in [7, 11) is -3.72. The molecule has 9 heteroatoms. The number of nitrogens with one attached hydrogen (secondary N) is 3. The summed E-state index contributed by atoms with van der Waals surface area (Å²) in [5, 5.41) is 8.54. The third kappa shape index (κ3) is 3.39. The Bertz CT molecular complexity index is 935. The fraction of sp³-hybridized carbons (Fsp3) is 0.375. The topological polar surface area (TPSA) is 100 Å². The molecule has 2 aromatic rings. The average Bonchev–Trinajstić information content (AvgIpc) is 3.30. The van der Waals surface area contributed by atoms with Crippen molar-refractivity contribution in [1.29, 1.82) is 0 Å². The maximum Gasteiger partial charge on any atom is 0.258 e. The van der Waals surface area contributed by atoms with Crippen LogP contribution in [0.4, 0.5) is 5.69 Å². The fourth-order valence-corrected chi connectivity index (χ4v) is 4.82. The number of rotatable bonds is 4. The first kappa shape index (κ1) is 16.5. The van der Waals surface area contributed by atoms with E-state index in [0.717, 1.165) is 16.3 Å². The van der Waals surface area contributed by atoms with Crippen LogP contribution >= 0.6 is 11.3 Å². The smallest absolute Gasteiger partial charge is 0.258 e. The van der Waals surface area contributed by atoms with E-state index in [1.807, 2.05) is 12.3 Å². The van der Waals surface area contributed by atoms with E-state index in [1.165, 1.54) is 30.2 Å². The van der Waals surface area contributed by atoms with E-state index in [1.54, 1.807) is 12.1 Å². The minimum absolute atomic E-state index is 0.149. The van der Waals surface area contributed by atoms with Gasteiger partial charge in [-0.25, -0.2) is 13.4 Å². The number of aryl methyl sites for hydroxylation is 1. The summed E-state index contributed by atoms with van der Waals surface area (Å²) in [6.45, 7) is 2.16. The second kappa shape index (κ2) is 6.08. The molecule has 0 radical (unpaired) electrons. The van der Waals surface area contributed by atoms with Crippen LogP contribution in [0.2, 0.25) is 0 Å². The largest absolute Gasteiger partial charge is 0.360 e. The van der Waals surface area contributed by atoms with Gasteiger partial charge in [-0.3, -0.25) is 4.79 Å². The quantitative estimate of drug-likeness (QED) is 0.752. The van der Waals surface area contributed by atoms with Gasteiger partial charge in [-0.05, 0) is 37.5 Å². The lowest BCUT2D eigenvalue weighted by Crippen LogP contribution is -2.53. The summed E-state index contributed by atoms with van der Waals surface area (Å²) in [6, 6.07) is 4.97. The van der Waals surface area contributed by atoms with Crippen molar-refractivity contribution in [2.75, 3.05) is 5.32 Å². The van der Waals surface area contributed by atoms with Crippen molar-refractivity contribution in [3.8, 4) is 0 Å². The molecule has 7 nitrogen and oxygen atoms in total. The molecule has 132 valence electrons. The van der Waals surface area contributed by atoms with Gasteiger partial charge in [-0.2, -0.15) is 4.72 Å². The van der Waals surface area contributed by atoms with E-state index in [2.05, 4.69) is 20.3 Å². The van der Waals surface area contributed by atoms with Gasteiger partial charge >= 0.3 is 0 Å². The van der Waals surface area contributed by atoms with Crippen molar-refractivity contribution in [2.24, 2.45) is 0 Å². The molecule has 1 atom stereocenters. The van der Waals surface area contributed by atoms with Gasteiger partial charge in [0.2, 0.25) is 10.0 Å². The zero-order chi connectivity index (χ0) is 17.6. The monoisotopic (exact) mass is 378 g/mol. The Balaban J connectivity index is 1.45. The molecule has 3 N–H and O–H groups in total. The number of amides is 1. The summed E-state index contributed by atoms with van der Waals surface area (Å²) in [6.07, 6.45) is 1.33. The average molecular weight is 378 g/mol. The van der Waals surface area contributed by atoms with Gasteiger partial charge in [-0.1, -0.05) is 6.07 Å². The Hall–Kier alpha value is -1.97. The zero-order valence-corrected chi connectivity index (χ0v) is 15.2. The van der Waals surface area contributed by atoms with Crippen molar-refractivity contribution < 1.29 is 13.2 Å². The number of nitrogens with zero attached hydrogens (tertiary/aromatic N) is 1. The molecule has 2 aliphatic rings. The lowest BCUT2D eigenvalue weighted by Gasteiger charge is -2.27. The van der Waals surface area contributed by atoms with Gasteiger partial charge < -0.3 is 10.6 Å². The highest BCUT2D eigenvalue weighted by Gasteiger charge is 2.33. The Morgan fingerprint density at radius 1 is 1.40 bits per heavy atom. The highest BCUT2D eigenvalue weighted by Crippen LogP contribution is 2.40. The first-order valence-electron chi connectivity index (χ1n) is 8.04. The van der Waals surface area contributed by atoms with E-state index in [4.69, 9.17) is 0 Å². The van der Waals surface area contributed by atoms with Crippen LogP contribution in [-0.4, -0.2) is 25.5 Å². The van der Waals surface area contributed by atoms with Gasteiger partial charge in [0.15, 0.2) is 6.17 Å². The van der Waals surface area contributed by atoms with Crippen LogP contribution in [-0.2, 0) is 21.4 Å². The molecule has 2 heterocycles. The van der Waals surface area contributed by atoms with E-state index in [-0.39, 0.29) is 11.4 Å². The van der Waals surface area contributed by atoms with Crippen LogP contribution in [0.3, 0.4) is 0 Å². The highest BCUT2D eigenvalue weighted by molar-refractivity contribution is 7.89. The van der Waals surface area contributed by atoms with Gasteiger partial charge in [0.25, 0.3) is 5.91 Å². The SMILES string of the molecule is Cc1ccc2c(c1)NC(C(=O)NCc1nc(C3CC3)cs1)NS2(=O)=O. The lowest BCUT2D eigenvalue weighted by atomic mass is 10.2. The molecule has 0 bridgehead atoms. The normalized spacial score (nSPS) is 21.2. The highest BCUT2D eigenvalue weighted by atomic mass is 32.2. The molecule has 25 heavy (non-hydrogen) atoms. The summed E-state index contributed by atoms with van der Waals surface area (Å²) >= 11 is 1.51. The molecule has 1 aliphatic carbocycles. The summed E-state index contributed by atoms with van der Waals surface area (Å²) in [5.41, 5.74) is 2.44. The van der Waals surface area contributed by atoms with Crippen molar-refractivity contribution in [3.05, 3.63) is 39.8 Å². The van der Waals surface area contributed by atoms with Crippen molar-refractivity contribution >= 4 is 33.0 Å². The van der Waals surface area contributed by atoms with Gasteiger partial charge in [0.05, 0.1) is 17.9 Å². The minimum Gasteiger partial charge on any atom is -0.360 e. The van der Waals surface area contributed by atoms with Crippen LogP contribution in [0.25, 0.3) is 0 Å². The second-order valence-corrected chi connectivity index (χ2v) is 8.98. The molecule has 1 aliphatic heterocycles. The van der Waals surface area contributed by atoms with Crippen LogP contribution < -0.4 is 15.4 Å². The lowest BCUT2D eigenvalue weighted by molar-refractivity contribution is -0.122. The summed E-state index contributed by atoms with van der Waals surface area (Å²) < 4.78 is 27.0. The van der Waals surface area contributed by atoms with Gasteiger partial charge in [-0.15, -0.1) is 11.3 Å². The molecule has 1 aromatic carbocycles. The zero-order valence-electron chi connectivity index (χ0n) is 13.6. The second-order valence-electron chi connectivity index (χ2n) is 6.36. The fourth-order valence-electron chi connectivity index (χ4n) is 2.75. The summed E-state index contributed by atoms with van der Waals surface area (Å²) in [5.74, 6) is 0.145. The Morgan fingerprint density at radius 2 is 2.20 bits per heavy atom. The van der Waals surface area contributed by atoms with E-state index < -0.39 is 22.1 Å². The molecule has 0 saturated heterocycles. The number of hydrogen-bond donors (Lipinski definition) is 3. The molecule has 4 rings (SSSR count). The molecule has 0 spiro atoms. The Kier molecular flexibility index (Phi) is 4.01. The third-order valence-electron chi connectivity index (χ3n) is 4.24. The predicted molar refractivity (Wildman–Crippen MR) is 94.8 cm³/mol. The number of hydrogen-bond acceptors (Lipinski definition) is 6. The van der Waals surface area contributed by atoms with Crippen LogP contribution in [0.15, 0.2) is 28.5 Å². The number of carbonyl (C=O) groups excluding carboxylic acids is 1. The number of benzene rings is 1. The van der Waals surface area contributed by atoms with Crippen molar-refractivity contribution in [3.63, 3.8) is 0 Å². The number of aromatic nitrogens is 1. The molecular weight excluding hydrogens is 360 g/mol. The van der Waals surface area contributed by atoms with Gasteiger partial charge in [0.1, 0.15) is 9.90 Å². The maximum atomic E-state index is 12.4. The number of carbonyl (C=O) groups is 1. The van der Waals surface area contributed by atoms with E-state index >= 15 is 0 Å². The van der Waals surface area contributed by atoms with Gasteiger partial charge in [0, 0.05) is 11.3 Å². The Labute approximate surface area is 149 Å².